The molecular weight excluding hydrogens is 430 g/mol. The van der Waals surface area contributed by atoms with Crippen molar-refractivity contribution >= 4 is 34.2 Å². The molecule has 1 amide bonds. The van der Waals surface area contributed by atoms with Gasteiger partial charge in [0.05, 0.1) is 17.4 Å². The molecule has 9 heteroatoms. The van der Waals surface area contributed by atoms with Gasteiger partial charge in [0.25, 0.3) is 11.5 Å². The SMILES string of the molecule is CC(C)NC(=O)c1ccc2c(=O)n(C(C)C)c3nn(Cc4cccc(Cl)c4)c(=O)n3c2c1. The van der Waals surface area contributed by atoms with Crippen LogP contribution in [-0.4, -0.2) is 30.7 Å². The first-order valence-corrected chi connectivity index (χ1v) is 10.8. The Hall–Kier alpha value is -3.39. The van der Waals surface area contributed by atoms with E-state index < -0.39 is 5.69 Å². The van der Waals surface area contributed by atoms with Crippen molar-refractivity contribution in [2.75, 3.05) is 0 Å². The number of hydrogen-bond acceptors (Lipinski definition) is 4. The number of aromatic nitrogens is 4. The molecular formula is C23H24ClN5O3. The zero-order valence-corrected chi connectivity index (χ0v) is 19.1. The highest BCUT2D eigenvalue weighted by molar-refractivity contribution is 6.30. The van der Waals surface area contributed by atoms with E-state index in [4.69, 9.17) is 11.6 Å². The van der Waals surface area contributed by atoms with Crippen LogP contribution in [0.4, 0.5) is 0 Å². The fourth-order valence-corrected chi connectivity index (χ4v) is 3.96. The average molecular weight is 454 g/mol. The van der Waals surface area contributed by atoms with Crippen LogP contribution in [0.25, 0.3) is 16.7 Å². The first-order valence-electron chi connectivity index (χ1n) is 10.4. The van der Waals surface area contributed by atoms with Crippen LogP contribution in [0.15, 0.2) is 52.1 Å². The second kappa shape index (κ2) is 8.27. The molecule has 166 valence electrons. The minimum atomic E-state index is -0.402. The van der Waals surface area contributed by atoms with Gasteiger partial charge in [-0.2, -0.15) is 0 Å². The van der Waals surface area contributed by atoms with Gasteiger partial charge in [0.2, 0.25) is 5.78 Å². The van der Waals surface area contributed by atoms with Crippen LogP contribution >= 0.6 is 11.6 Å². The zero-order chi connectivity index (χ0) is 23.2. The molecule has 0 saturated heterocycles. The van der Waals surface area contributed by atoms with Gasteiger partial charge in [0.15, 0.2) is 0 Å². The van der Waals surface area contributed by atoms with Gasteiger partial charge in [-0.05, 0) is 63.6 Å². The maximum Gasteiger partial charge on any atom is 0.352 e. The molecule has 0 fully saturated rings. The van der Waals surface area contributed by atoms with Crippen molar-refractivity contribution in [1.82, 2.24) is 24.1 Å². The summed E-state index contributed by atoms with van der Waals surface area (Å²) in [6, 6.07) is 11.7. The van der Waals surface area contributed by atoms with E-state index in [0.29, 0.717) is 21.5 Å². The summed E-state index contributed by atoms with van der Waals surface area (Å²) in [5.74, 6) is -0.0478. The molecule has 2 aromatic heterocycles. The van der Waals surface area contributed by atoms with Crippen LogP contribution in [0.2, 0.25) is 5.02 Å². The molecule has 0 aliphatic heterocycles. The van der Waals surface area contributed by atoms with E-state index in [2.05, 4.69) is 10.4 Å². The van der Waals surface area contributed by atoms with Crippen molar-refractivity contribution in [2.24, 2.45) is 0 Å². The van der Waals surface area contributed by atoms with E-state index >= 15 is 0 Å². The van der Waals surface area contributed by atoms with Crippen LogP contribution in [0, 0.1) is 0 Å². The van der Waals surface area contributed by atoms with Crippen LogP contribution in [0.1, 0.15) is 49.7 Å². The molecule has 0 aliphatic rings. The van der Waals surface area contributed by atoms with Crippen molar-refractivity contribution in [3.05, 3.63) is 79.5 Å². The van der Waals surface area contributed by atoms with Gasteiger partial charge in [-0.1, -0.05) is 23.7 Å². The largest absolute Gasteiger partial charge is 0.352 e. The minimum Gasteiger partial charge on any atom is -0.350 e. The molecule has 2 heterocycles. The van der Waals surface area contributed by atoms with Gasteiger partial charge in [0.1, 0.15) is 0 Å². The molecule has 0 unspecified atom stereocenters. The molecule has 0 radical (unpaired) electrons. The van der Waals surface area contributed by atoms with E-state index in [1.807, 2.05) is 33.8 Å². The molecule has 2 aromatic carbocycles. The Balaban J connectivity index is 2.00. The summed E-state index contributed by atoms with van der Waals surface area (Å²) in [7, 11) is 0. The molecule has 0 spiro atoms. The van der Waals surface area contributed by atoms with Gasteiger partial charge in [-0.15, -0.1) is 5.10 Å². The molecule has 4 rings (SSSR count). The second-order valence-corrected chi connectivity index (χ2v) is 8.77. The number of carbonyl (C=O) groups excluding carboxylic acids is 1. The normalized spacial score (nSPS) is 11.7. The number of benzene rings is 2. The molecule has 8 nitrogen and oxygen atoms in total. The van der Waals surface area contributed by atoms with Gasteiger partial charge in [-0.25, -0.2) is 13.9 Å². The van der Waals surface area contributed by atoms with E-state index in [9.17, 15) is 14.4 Å². The van der Waals surface area contributed by atoms with E-state index in [0.717, 1.165) is 5.56 Å². The number of carbonyl (C=O) groups is 1. The van der Waals surface area contributed by atoms with Crippen LogP contribution < -0.4 is 16.6 Å². The van der Waals surface area contributed by atoms with Crippen molar-refractivity contribution in [1.29, 1.82) is 0 Å². The monoisotopic (exact) mass is 453 g/mol. The Bertz CT molecular complexity index is 1460. The second-order valence-electron chi connectivity index (χ2n) is 8.33. The summed E-state index contributed by atoms with van der Waals surface area (Å²) < 4.78 is 4.19. The van der Waals surface area contributed by atoms with Crippen molar-refractivity contribution in [2.45, 2.75) is 46.3 Å². The van der Waals surface area contributed by atoms with Crippen LogP contribution in [0.3, 0.4) is 0 Å². The van der Waals surface area contributed by atoms with Crippen LogP contribution in [-0.2, 0) is 6.54 Å². The molecule has 0 atom stereocenters. The maximum atomic E-state index is 13.4. The predicted octanol–water partition coefficient (Wildman–Crippen LogP) is 3.23. The first kappa shape index (κ1) is 21.8. The minimum absolute atomic E-state index is 0.0460. The molecule has 0 aliphatic carbocycles. The summed E-state index contributed by atoms with van der Waals surface area (Å²) in [5, 5.41) is 8.21. The number of amides is 1. The molecule has 4 aromatic rings. The number of rotatable bonds is 5. The van der Waals surface area contributed by atoms with E-state index in [1.54, 1.807) is 36.4 Å². The Morgan fingerprint density at radius 2 is 1.84 bits per heavy atom. The van der Waals surface area contributed by atoms with Gasteiger partial charge in [0, 0.05) is 22.7 Å². The lowest BCUT2D eigenvalue weighted by Crippen LogP contribution is -2.31. The lowest BCUT2D eigenvalue weighted by Gasteiger charge is -2.13. The summed E-state index contributed by atoms with van der Waals surface area (Å²) in [6.07, 6.45) is 0. The molecule has 0 bridgehead atoms. The summed E-state index contributed by atoms with van der Waals surface area (Å²) in [5.41, 5.74) is 0.853. The van der Waals surface area contributed by atoms with Crippen LogP contribution in [0.5, 0.6) is 0 Å². The fraction of sp³-hybridized carbons (Fsp3) is 0.304. The third-order valence-corrected chi connectivity index (χ3v) is 5.38. The Labute approximate surface area is 189 Å². The Morgan fingerprint density at radius 3 is 2.50 bits per heavy atom. The highest BCUT2D eigenvalue weighted by Crippen LogP contribution is 2.17. The van der Waals surface area contributed by atoms with Gasteiger partial charge >= 0.3 is 5.69 Å². The highest BCUT2D eigenvalue weighted by atomic mass is 35.5. The van der Waals surface area contributed by atoms with Gasteiger partial charge in [-0.3, -0.25) is 14.2 Å². The zero-order valence-electron chi connectivity index (χ0n) is 18.3. The molecule has 0 saturated carbocycles. The molecule has 32 heavy (non-hydrogen) atoms. The number of fused-ring (bicyclic) bond motifs is 3. The van der Waals surface area contributed by atoms with E-state index in [1.165, 1.54) is 13.6 Å². The Kier molecular flexibility index (Phi) is 5.64. The lowest BCUT2D eigenvalue weighted by atomic mass is 10.1. The van der Waals surface area contributed by atoms with Crippen molar-refractivity contribution in [3.8, 4) is 0 Å². The van der Waals surface area contributed by atoms with Gasteiger partial charge < -0.3 is 5.32 Å². The molecule has 1 N–H and O–H groups in total. The lowest BCUT2D eigenvalue weighted by molar-refractivity contribution is 0.0943. The first-order chi connectivity index (χ1) is 15.2. The quantitative estimate of drug-likeness (QED) is 0.502. The fourth-order valence-electron chi connectivity index (χ4n) is 3.74. The standard InChI is InChI=1S/C23H24ClN5O3/c1-13(2)25-20(30)16-8-9-18-19(11-16)29-22(28(14(3)4)21(18)31)26-27(23(29)32)12-15-6-5-7-17(24)10-15/h5-11,13-14H,12H2,1-4H3,(H,25,30). The third kappa shape index (κ3) is 3.82. The van der Waals surface area contributed by atoms with E-state index in [-0.39, 0.29) is 35.9 Å². The highest BCUT2D eigenvalue weighted by Gasteiger charge is 2.20. The number of nitrogens with zero attached hydrogens (tertiary/aromatic N) is 4. The topological polar surface area (TPSA) is 90.4 Å². The number of hydrogen-bond donors (Lipinski definition) is 1. The smallest absolute Gasteiger partial charge is 0.350 e. The van der Waals surface area contributed by atoms with Crippen molar-refractivity contribution in [3.63, 3.8) is 0 Å². The maximum absolute atomic E-state index is 13.4. The van der Waals surface area contributed by atoms with Crippen molar-refractivity contribution < 1.29 is 4.79 Å². The Morgan fingerprint density at radius 1 is 1.09 bits per heavy atom. The number of nitrogens with one attached hydrogen (secondary N) is 1. The predicted molar refractivity (Wildman–Crippen MR) is 125 cm³/mol. The summed E-state index contributed by atoms with van der Waals surface area (Å²) in [6.45, 7) is 7.64. The number of halogens is 1. The third-order valence-electron chi connectivity index (χ3n) is 5.15. The average Bonchev–Trinajstić information content (AvgIpc) is 3.02. The summed E-state index contributed by atoms with van der Waals surface area (Å²) >= 11 is 6.08. The summed E-state index contributed by atoms with van der Waals surface area (Å²) in [4.78, 5) is 39.2.